The first kappa shape index (κ1) is 9.89. The highest BCUT2D eigenvalue weighted by molar-refractivity contribution is 6.27. The van der Waals surface area contributed by atoms with Crippen molar-refractivity contribution in [1.82, 2.24) is 0 Å². The lowest BCUT2D eigenvalue weighted by Gasteiger charge is -1.98. The summed E-state index contributed by atoms with van der Waals surface area (Å²) in [5, 5.41) is 17.7. The molecule has 1 aliphatic rings. The standard InChI is InChI=1S/C13H6N2O/c1-8-12(9(6-14)7-15)10-4-2-3-5-11(10)13(8)16/h2-5H,1H2. The second kappa shape index (κ2) is 3.49. The first-order valence-electron chi connectivity index (χ1n) is 4.58. The van der Waals surface area contributed by atoms with Gasteiger partial charge in [0.1, 0.15) is 17.7 Å². The molecule has 2 rings (SSSR count). The van der Waals surface area contributed by atoms with E-state index in [4.69, 9.17) is 10.5 Å². The van der Waals surface area contributed by atoms with Gasteiger partial charge >= 0.3 is 0 Å². The van der Waals surface area contributed by atoms with Gasteiger partial charge < -0.3 is 0 Å². The van der Waals surface area contributed by atoms with E-state index in [0.29, 0.717) is 16.7 Å². The van der Waals surface area contributed by atoms with Crippen molar-refractivity contribution in [3.63, 3.8) is 0 Å². The molecule has 1 aromatic carbocycles. The van der Waals surface area contributed by atoms with E-state index in [2.05, 4.69) is 6.58 Å². The van der Waals surface area contributed by atoms with Crippen molar-refractivity contribution in [2.24, 2.45) is 0 Å². The van der Waals surface area contributed by atoms with Crippen molar-refractivity contribution in [1.29, 1.82) is 10.5 Å². The molecule has 0 radical (unpaired) electrons. The minimum absolute atomic E-state index is 0.0664. The number of Topliss-reactive ketones (excluding diaryl/α,β-unsaturated/α-hetero) is 1. The van der Waals surface area contributed by atoms with Gasteiger partial charge in [-0.25, -0.2) is 0 Å². The third-order valence-corrected chi connectivity index (χ3v) is 2.49. The van der Waals surface area contributed by atoms with Crippen LogP contribution in [0.4, 0.5) is 0 Å². The van der Waals surface area contributed by atoms with E-state index in [0.717, 1.165) is 0 Å². The van der Waals surface area contributed by atoms with Crippen LogP contribution in [0.2, 0.25) is 0 Å². The highest BCUT2D eigenvalue weighted by Gasteiger charge is 2.30. The van der Waals surface area contributed by atoms with Gasteiger partial charge in [-0.1, -0.05) is 30.8 Å². The molecule has 0 saturated carbocycles. The molecule has 0 unspecified atom stereocenters. The van der Waals surface area contributed by atoms with E-state index in [1.807, 2.05) is 0 Å². The zero-order valence-corrected chi connectivity index (χ0v) is 8.32. The molecule has 1 aromatic rings. The Hall–Kier alpha value is -2.65. The number of hydrogen-bond donors (Lipinski definition) is 0. The predicted molar refractivity (Wildman–Crippen MR) is 58.1 cm³/mol. The molecule has 0 amide bonds. The molecule has 0 saturated heterocycles. The number of carbonyl (C=O) groups is 1. The third-order valence-electron chi connectivity index (χ3n) is 2.49. The van der Waals surface area contributed by atoms with Crippen LogP contribution in [0.15, 0.2) is 42.0 Å². The second-order valence-electron chi connectivity index (χ2n) is 3.33. The Morgan fingerprint density at radius 3 is 2.25 bits per heavy atom. The number of carbonyl (C=O) groups excluding carboxylic acids is 1. The first-order chi connectivity index (χ1) is 7.70. The van der Waals surface area contributed by atoms with Gasteiger partial charge in [0, 0.05) is 16.7 Å². The maximum absolute atomic E-state index is 11.8. The highest BCUT2D eigenvalue weighted by Crippen LogP contribution is 2.37. The van der Waals surface area contributed by atoms with Gasteiger partial charge in [0.25, 0.3) is 0 Å². The quantitative estimate of drug-likeness (QED) is 0.483. The first-order valence-corrected chi connectivity index (χ1v) is 4.58. The van der Waals surface area contributed by atoms with E-state index in [1.165, 1.54) is 0 Å². The highest BCUT2D eigenvalue weighted by atomic mass is 16.1. The maximum atomic E-state index is 11.8. The molecule has 0 fully saturated rings. The average molecular weight is 206 g/mol. The van der Waals surface area contributed by atoms with Gasteiger partial charge in [-0.3, -0.25) is 4.79 Å². The molecule has 3 heteroatoms. The fourth-order valence-corrected chi connectivity index (χ4v) is 1.76. The topological polar surface area (TPSA) is 64.7 Å². The number of hydrogen-bond acceptors (Lipinski definition) is 3. The molecule has 0 N–H and O–H groups in total. The monoisotopic (exact) mass is 206 g/mol. The third kappa shape index (κ3) is 1.16. The van der Waals surface area contributed by atoms with Crippen LogP contribution in [0.25, 0.3) is 5.57 Å². The van der Waals surface area contributed by atoms with Crippen molar-refractivity contribution in [2.75, 3.05) is 0 Å². The number of nitriles is 2. The Bertz CT molecular complexity index is 608. The van der Waals surface area contributed by atoms with Crippen LogP contribution in [0.5, 0.6) is 0 Å². The summed E-state index contributed by atoms with van der Waals surface area (Å²) in [5.74, 6) is -0.214. The number of nitrogens with zero attached hydrogens (tertiary/aromatic N) is 2. The molecule has 0 aliphatic heterocycles. The van der Waals surface area contributed by atoms with Gasteiger partial charge in [-0.15, -0.1) is 0 Å². The van der Waals surface area contributed by atoms with Gasteiger partial charge in [0.2, 0.25) is 0 Å². The number of benzene rings is 1. The average Bonchev–Trinajstić information content (AvgIpc) is 2.57. The van der Waals surface area contributed by atoms with Crippen LogP contribution in [0, 0.1) is 22.7 Å². The van der Waals surface area contributed by atoms with Crippen LogP contribution in [-0.4, -0.2) is 5.78 Å². The van der Waals surface area contributed by atoms with E-state index < -0.39 is 0 Å². The number of ketones is 1. The summed E-state index contributed by atoms with van der Waals surface area (Å²) in [6.45, 7) is 3.64. The van der Waals surface area contributed by atoms with E-state index in [9.17, 15) is 4.79 Å². The fraction of sp³-hybridized carbons (Fsp3) is 0. The molecule has 0 spiro atoms. The van der Waals surface area contributed by atoms with Gasteiger partial charge in [-0.05, 0) is 5.56 Å². The fourth-order valence-electron chi connectivity index (χ4n) is 1.76. The SMILES string of the molecule is C=C1C(=O)c2ccccc2C1=C(C#N)C#N. The van der Waals surface area contributed by atoms with E-state index in [1.54, 1.807) is 36.4 Å². The molecule has 0 aromatic heterocycles. The summed E-state index contributed by atoms with van der Waals surface area (Å²) in [5.41, 5.74) is 1.65. The summed E-state index contributed by atoms with van der Waals surface area (Å²) in [4.78, 5) is 11.8. The van der Waals surface area contributed by atoms with Gasteiger partial charge in [0.05, 0.1) is 0 Å². The van der Waals surface area contributed by atoms with Crippen molar-refractivity contribution in [2.45, 2.75) is 0 Å². The number of allylic oxidation sites excluding steroid dienone is 3. The Morgan fingerprint density at radius 2 is 1.69 bits per heavy atom. The second-order valence-corrected chi connectivity index (χ2v) is 3.33. The summed E-state index contributed by atoms with van der Waals surface area (Å²) in [6, 6.07) is 10.5. The van der Waals surface area contributed by atoms with Crippen molar-refractivity contribution in [3.8, 4) is 12.1 Å². The van der Waals surface area contributed by atoms with Crippen LogP contribution < -0.4 is 0 Å². The zero-order chi connectivity index (χ0) is 11.7. The zero-order valence-electron chi connectivity index (χ0n) is 8.32. The van der Waals surface area contributed by atoms with Crippen molar-refractivity contribution in [3.05, 3.63) is 53.1 Å². The van der Waals surface area contributed by atoms with E-state index >= 15 is 0 Å². The Morgan fingerprint density at radius 1 is 1.12 bits per heavy atom. The maximum Gasteiger partial charge on any atom is 0.193 e. The molecule has 0 bridgehead atoms. The molecule has 1 aliphatic carbocycles. The summed E-state index contributed by atoms with van der Waals surface area (Å²) >= 11 is 0. The van der Waals surface area contributed by atoms with Crippen molar-refractivity contribution < 1.29 is 4.79 Å². The molecule has 0 heterocycles. The minimum Gasteiger partial charge on any atom is -0.289 e. The molecule has 3 nitrogen and oxygen atoms in total. The number of fused-ring (bicyclic) bond motifs is 1. The van der Waals surface area contributed by atoms with Crippen LogP contribution in [0.3, 0.4) is 0 Å². The summed E-state index contributed by atoms with van der Waals surface area (Å²) in [6.07, 6.45) is 0. The van der Waals surface area contributed by atoms with Crippen LogP contribution >= 0.6 is 0 Å². The molecular formula is C13H6N2O. The van der Waals surface area contributed by atoms with Gasteiger partial charge in [0.15, 0.2) is 5.78 Å². The lowest BCUT2D eigenvalue weighted by Crippen LogP contribution is -1.93. The summed E-state index contributed by atoms with van der Waals surface area (Å²) in [7, 11) is 0. The van der Waals surface area contributed by atoms with Gasteiger partial charge in [-0.2, -0.15) is 10.5 Å². The normalized spacial score (nSPS) is 13.0. The predicted octanol–water partition coefficient (Wildman–Crippen LogP) is 2.24. The van der Waals surface area contributed by atoms with Crippen molar-refractivity contribution >= 4 is 11.4 Å². The van der Waals surface area contributed by atoms with Crippen LogP contribution in [-0.2, 0) is 0 Å². The van der Waals surface area contributed by atoms with Crippen LogP contribution in [0.1, 0.15) is 15.9 Å². The Kier molecular flexibility index (Phi) is 2.16. The minimum atomic E-state index is -0.214. The smallest absolute Gasteiger partial charge is 0.193 e. The lowest BCUT2D eigenvalue weighted by atomic mass is 10.0. The molecule has 16 heavy (non-hydrogen) atoms. The largest absolute Gasteiger partial charge is 0.289 e. The summed E-state index contributed by atoms with van der Waals surface area (Å²) < 4.78 is 0. The lowest BCUT2D eigenvalue weighted by molar-refractivity contribution is 0.104. The molecule has 0 atom stereocenters. The Labute approximate surface area is 92.5 Å². The molecule has 74 valence electrons. The Balaban J connectivity index is 2.84. The number of rotatable bonds is 0. The molecular weight excluding hydrogens is 200 g/mol. The van der Waals surface area contributed by atoms with E-state index in [-0.39, 0.29) is 16.9 Å².